The number of amides is 2. The quantitative estimate of drug-likeness (QED) is 0.908. The maximum atomic E-state index is 12.6. The molecule has 4 heteroatoms. The first-order valence-corrected chi connectivity index (χ1v) is 8.04. The van der Waals surface area contributed by atoms with E-state index in [0.29, 0.717) is 25.8 Å². The Balaban J connectivity index is 1.67. The third-order valence-electron chi connectivity index (χ3n) is 4.51. The second kappa shape index (κ2) is 6.94. The lowest BCUT2D eigenvalue weighted by molar-refractivity contribution is 0.0108. The maximum Gasteiger partial charge on any atom is 0.318 e. The molecule has 1 heterocycles. The molecule has 2 fully saturated rings. The summed E-state index contributed by atoms with van der Waals surface area (Å²) in [5.41, 5.74) is 1.15. The first-order valence-electron chi connectivity index (χ1n) is 8.04. The van der Waals surface area contributed by atoms with Crippen LogP contribution in [0.1, 0.15) is 43.7 Å². The summed E-state index contributed by atoms with van der Waals surface area (Å²) < 4.78 is 5.59. The Bertz CT molecular complexity index is 457. The number of benzene rings is 1. The number of nitrogens with zero attached hydrogens (tertiary/aromatic N) is 1. The number of rotatable bonds is 2. The van der Waals surface area contributed by atoms with Gasteiger partial charge in [0, 0.05) is 12.6 Å². The molecule has 1 saturated carbocycles. The van der Waals surface area contributed by atoms with Crippen LogP contribution in [0, 0.1) is 0 Å². The van der Waals surface area contributed by atoms with Gasteiger partial charge in [-0.3, -0.25) is 0 Å². The highest BCUT2D eigenvalue weighted by atomic mass is 16.5. The minimum absolute atomic E-state index is 0.0311. The van der Waals surface area contributed by atoms with E-state index in [9.17, 15) is 4.79 Å². The van der Waals surface area contributed by atoms with Crippen molar-refractivity contribution in [2.75, 3.05) is 19.8 Å². The molecule has 4 nitrogen and oxygen atoms in total. The molecule has 1 saturated heterocycles. The van der Waals surface area contributed by atoms with E-state index in [-0.39, 0.29) is 12.1 Å². The fourth-order valence-corrected chi connectivity index (χ4v) is 3.30. The Kier molecular flexibility index (Phi) is 4.76. The molecule has 0 bridgehead atoms. The van der Waals surface area contributed by atoms with E-state index in [4.69, 9.17) is 4.74 Å². The largest absolute Gasteiger partial charge is 0.377 e. The molecular weight excluding hydrogens is 264 g/mol. The van der Waals surface area contributed by atoms with Gasteiger partial charge < -0.3 is 15.0 Å². The lowest BCUT2D eigenvalue weighted by atomic mass is 9.95. The molecule has 3 rings (SSSR count). The van der Waals surface area contributed by atoms with Gasteiger partial charge in [0.15, 0.2) is 0 Å². The van der Waals surface area contributed by atoms with Crippen LogP contribution in [0.2, 0.25) is 0 Å². The molecule has 2 aliphatic rings. The van der Waals surface area contributed by atoms with Crippen LogP contribution >= 0.6 is 0 Å². The number of hydrogen-bond acceptors (Lipinski definition) is 2. The van der Waals surface area contributed by atoms with Gasteiger partial charge in [-0.1, -0.05) is 49.6 Å². The highest BCUT2D eigenvalue weighted by Crippen LogP contribution is 2.25. The zero-order valence-corrected chi connectivity index (χ0v) is 12.5. The van der Waals surface area contributed by atoms with E-state index in [2.05, 4.69) is 17.4 Å². The second-order valence-electron chi connectivity index (χ2n) is 5.98. The fourth-order valence-electron chi connectivity index (χ4n) is 3.30. The number of morpholine rings is 1. The third kappa shape index (κ3) is 3.56. The van der Waals surface area contributed by atoms with E-state index >= 15 is 0 Å². The van der Waals surface area contributed by atoms with E-state index < -0.39 is 0 Å². The zero-order chi connectivity index (χ0) is 14.5. The molecule has 0 aromatic heterocycles. The van der Waals surface area contributed by atoms with E-state index in [1.165, 1.54) is 19.3 Å². The summed E-state index contributed by atoms with van der Waals surface area (Å²) in [7, 11) is 0. The van der Waals surface area contributed by atoms with Crippen molar-refractivity contribution in [2.45, 2.75) is 44.2 Å². The van der Waals surface area contributed by atoms with Crippen molar-refractivity contribution in [1.82, 2.24) is 10.2 Å². The fraction of sp³-hybridized carbons (Fsp3) is 0.588. The summed E-state index contributed by atoms with van der Waals surface area (Å²) in [4.78, 5) is 14.5. The van der Waals surface area contributed by atoms with Crippen LogP contribution in [0.5, 0.6) is 0 Å². The monoisotopic (exact) mass is 288 g/mol. The predicted octanol–water partition coefficient (Wildman–Crippen LogP) is 3.10. The van der Waals surface area contributed by atoms with Gasteiger partial charge in [0.25, 0.3) is 0 Å². The Morgan fingerprint density at radius 1 is 1.14 bits per heavy atom. The molecule has 1 aliphatic carbocycles. The molecule has 1 atom stereocenters. The Hall–Kier alpha value is -1.55. The van der Waals surface area contributed by atoms with Crippen molar-refractivity contribution < 1.29 is 9.53 Å². The summed E-state index contributed by atoms with van der Waals surface area (Å²) in [6, 6.07) is 10.6. The first kappa shape index (κ1) is 14.4. The molecule has 1 aliphatic heterocycles. The lowest BCUT2D eigenvalue weighted by Crippen LogP contribution is -2.51. The molecule has 0 radical (unpaired) electrons. The predicted molar refractivity (Wildman–Crippen MR) is 82.1 cm³/mol. The number of carbonyl (C=O) groups is 1. The van der Waals surface area contributed by atoms with E-state index in [1.54, 1.807) is 0 Å². The molecule has 1 aromatic rings. The number of nitrogens with one attached hydrogen (secondary N) is 1. The van der Waals surface area contributed by atoms with Crippen molar-refractivity contribution in [3.8, 4) is 0 Å². The molecule has 114 valence electrons. The van der Waals surface area contributed by atoms with Crippen molar-refractivity contribution in [3.63, 3.8) is 0 Å². The Morgan fingerprint density at radius 2 is 1.90 bits per heavy atom. The summed E-state index contributed by atoms with van der Waals surface area (Å²) in [6.45, 7) is 1.88. The van der Waals surface area contributed by atoms with Gasteiger partial charge >= 0.3 is 6.03 Å². The summed E-state index contributed by atoms with van der Waals surface area (Å²) >= 11 is 0. The van der Waals surface area contributed by atoms with Crippen LogP contribution in [0.4, 0.5) is 4.79 Å². The molecule has 0 spiro atoms. The van der Waals surface area contributed by atoms with Gasteiger partial charge in [0.05, 0.1) is 19.3 Å². The highest BCUT2D eigenvalue weighted by molar-refractivity contribution is 5.75. The standard InChI is InChI=1S/C17H24N2O2/c20-17(18-15-9-5-2-6-10-15)19-11-12-21-13-16(19)14-7-3-1-4-8-14/h1,3-4,7-8,15-16H,2,5-6,9-13H2,(H,18,20). The molecule has 1 aromatic carbocycles. The zero-order valence-electron chi connectivity index (χ0n) is 12.5. The van der Waals surface area contributed by atoms with Crippen LogP contribution in [0.15, 0.2) is 30.3 Å². The summed E-state index contributed by atoms with van der Waals surface area (Å²) in [5.74, 6) is 0. The number of hydrogen-bond donors (Lipinski definition) is 1. The highest BCUT2D eigenvalue weighted by Gasteiger charge is 2.29. The molecule has 2 amide bonds. The van der Waals surface area contributed by atoms with Crippen molar-refractivity contribution in [1.29, 1.82) is 0 Å². The van der Waals surface area contributed by atoms with Gasteiger partial charge in [-0.25, -0.2) is 4.79 Å². The van der Waals surface area contributed by atoms with Crippen LogP contribution in [0.3, 0.4) is 0 Å². The van der Waals surface area contributed by atoms with Gasteiger partial charge in [-0.2, -0.15) is 0 Å². The molecule has 1 unspecified atom stereocenters. The van der Waals surface area contributed by atoms with Crippen molar-refractivity contribution >= 4 is 6.03 Å². The topological polar surface area (TPSA) is 41.6 Å². The maximum absolute atomic E-state index is 12.6. The minimum atomic E-state index is 0.0311. The Morgan fingerprint density at radius 3 is 2.67 bits per heavy atom. The summed E-state index contributed by atoms with van der Waals surface area (Å²) in [6.07, 6.45) is 6.00. The van der Waals surface area contributed by atoms with Gasteiger partial charge in [0.2, 0.25) is 0 Å². The SMILES string of the molecule is O=C(NC1CCCCC1)N1CCOCC1c1ccccc1. The van der Waals surface area contributed by atoms with Crippen molar-refractivity contribution in [2.24, 2.45) is 0 Å². The van der Waals surface area contributed by atoms with Gasteiger partial charge in [0.1, 0.15) is 0 Å². The van der Waals surface area contributed by atoms with E-state index in [1.807, 2.05) is 23.1 Å². The van der Waals surface area contributed by atoms with Gasteiger partial charge in [-0.15, -0.1) is 0 Å². The van der Waals surface area contributed by atoms with E-state index in [0.717, 1.165) is 18.4 Å². The Labute approximate surface area is 126 Å². The second-order valence-corrected chi connectivity index (χ2v) is 5.98. The van der Waals surface area contributed by atoms with Gasteiger partial charge in [-0.05, 0) is 18.4 Å². The number of urea groups is 1. The average molecular weight is 288 g/mol. The average Bonchev–Trinajstić information content (AvgIpc) is 2.56. The molecular formula is C17H24N2O2. The summed E-state index contributed by atoms with van der Waals surface area (Å²) in [5, 5.41) is 3.22. The third-order valence-corrected chi connectivity index (χ3v) is 4.51. The normalized spacial score (nSPS) is 23.8. The van der Waals surface area contributed by atoms with Crippen LogP contribution < -0.4 is 5.32 Å². The lowest BCUT2D eigenvalue weighted by Gasteiger charge is -2.37. The number of carbonyl (C=O) groups excluding carboxylic acids is 1. The number of ether oxygens (including phenoxy) is 1. The van der Waals surface area contributed by atoms with Crippen molar-refractivity contribution in [3.05, 3.63) is 35.9 Å². The first-order chi connectivity index (χ1) is 10.3. The van der Waals surface area contributed by atoms with Crippen LogP contribution in [-0.4, -0.2) is 36.7 Å². The molecule has 1 N–H and O–H groups in total. The van der Waals surface area contributed by atoms with Crippen LogP contribution in [0.25, 0.3) is 0 Å². The molecule has 21 heavy (non-hydrogen) atoms. The minimum Gasteiger partial charge on any atom is -0.377 e. The smallest absolute Gasteiger partial charge is 0.318 e. The van der Waals surface area contributed by atoms with Crippen LogP contribution in [-0.2, 0) is 4.74 Å².